The number of nitrogens with one attached hydrogen (secondary N) is 1. The monoisotopic (exact) mass is 447 g/mol. The van der Waals surface area contributed by atoms with Crippen molar-refractivity contribution < 1.29 is 9.18 Å². The molecule has 32 heavy (non-hydrogen) atoms. The average molecular weight is 448 g/mol. The van der Waals surface area contributed by atoms with E-state index in [4.69, 9.17) is 0 Å². The van der Waals surface area contributed by atoms with Crippen molar-refractivity contribution >= 4 is 34.3 Å². The number of hydrogen-bond acceptors (Lipinski definition) is 4. The lowest BCUT2D eigenvalue weighted by Gasteiger charge is -2.14. The molecule has 0 aliphatic carbocycles. The molecule has 4 aromatic rings. The number of benzene rings is 3. The Morgan fingerprint density at radius 2 is 1.72 bits per heavy atom. The largest absolute Gasteiger partial charge is 0.325 e. The van der Waals surface area contributed by atoms with Crippen LogP contribution in [0, 0.1) is 5.82 Å². The number of amides is 1. The quantitative estimate of drug-likeness (QED) is 0.318. The topological polar surface area (TPSA) is 64.0 Å². The van der Waals surface area contributed by atoms with Crippen LogP contribution < -0.4 is 10.9 Å². The molecule has 1 amide bonds. The normalized spacial score (nSPS) is 11.1. The molecule has 0 unspecified atom stereocenters. The van der Waals surface area contributed by atoms with Gasteiger partial charge in [-0.05, 0) is 60.0 Å². The van der Waals surface area contributed by atoms with E-state index in [0.29, 0.717) is 33.4 Å². The summed E-state index contributed by atoms with van der Waals surface area (Å²) in [6.07, 6.45) is 0. The second kappa shape index (κ2) is 9.36. The molecular formula is C25H22FN3O2S. The van der Waals surface area contributed by atoms with Crippen LogP contribution in [0.5, 0.6) is 0 Å². The van der Waals surface area contributed by atoms with Crippen molar-refractivity contribution in [1.82, 2.24) is 9.55 Å². The molecule has 1 N–H and O–H groups in total. The summed E-state index contributed by atoms with van der Waals surface area (Å²) in [5.41, 5.74) is 2.76. The molecule has 0 fully saturated rings. The van der Waals surface area contributed by atoms with Gasteiger partial charge >= 0.3 is 0 Å². The highest BCUT2D eigenvalue weighted by Gasteiger charge is 2.15. The number of nitrogens with zero attached hydrogens (tertiary/aromatic N) is 2. The molecule has 1 aromatic heterocycles. The van der Waals surface area contributed by atoms with Crippen LogP contribution in [-0.2, 0) is 4.79 Å². The number of hydrogen-bond donors (Lipinski definition) is 1. The first kappa shape index (κ1) is 21.8. The van der Waals surface area contributed by atoms with Crippen molar-refractivity contribution in [3.05, 3.63) is 94.5 Å². The van der Waals surface area contributed by atoms with Gasteiger partial charge in [-0.3, -0.25) is 14.2 Å². The van der Waals surface area contributed by atoms with E-state index in [1.807, 2.05) is 30.3 Å². The van der Waals surface area contributed by atoms with Crippen molar-refractivity contribution in [1.29, 1.82) is 0 Å². The van der Waals surface area contributed by atoms with Gasteiger partial charge in [0.2, 0.25) is 5.91 Å². The van der Waals surface area contributed by atoms with Gasteiger partial charge < -0.3 is 5.32 Å². The Bertz CT molecular complexity index is 1320. The average Bonchev–Trinajstić information content (AvgIpc) is 2.79. The summed E-state index contributed by atoms with van der Waals surface area (Å²) in [5, 5.41) is 3.67. The first-order chi connectivity index (χ1) is 15.4. The molecule has 0 aliphatic heterocycles. The molecule has 0 saturated heterocycles. The molecule has 0 radical (unpaired) electrons. The lowest BCUT2D eigenvalue weighted by Crippen LogP contribution is -2.23. The molecular weight excluding hydrogens is 425 g/mol. The van der Waals surface area contributed by atoms with Crippen molar-refractivity contribution in [2.24, 2.45) is 0 Å². The maximum atomic E-state index is 13.3. The highest BCUT2D eigenvalue weighted by molar-refractivity contribution is 7.99. The van der Waals surface area contributed by atoms with Gasteiger partial charge in [0.15, 0.2) is 5.16 Å². The summed E-state index contributed by atoms with van der Waals surface area (Å²) in [7, 11) is 0. The van der Waals surface area contributed by atoms with E-state index in [1.54, 1.807) is 22.8 Å². The van der Waals surface area contributed by atoms with Crippen molar-refractivity contribution in [2.75, 3.05) is 11.1 Å². The Morgan fingerprint density at radius 3 is 2.41 bits per heavy atom. The minimum Gasteiger partial charge on any atom is -0.325 e. The fourth-order valence-corrected chi connectivity index (χ4v) is 4.12. The standard InChI is InChI=1S/C25H22FN3O2S/c1-16(2)17-7-13-20(14-8-17)29-24(31)21-5-3-4-6-22(21)28-25(29)32-15-23(30)27-19-11-9-18(26)10-12-19/h3-14,16H,15H2,1-2H3,(H,27,30). The number of fused-ring (bicyclic) bond motifs is 1. The lowest BCUT2D eigenvalue weighted by atomic mass is 10.0. The van der Waals surface area contributed by atoms with Crippen LogP contribution in [0.1, 0.15) is 25.3 Å². The Balaban J connectivity index is 1.66. The number of rotatable bonds is 6. The minimum atomic E-state index is -0.370. The van der Waals surface area contributed by atoms with E-state index in [1.165, 1.54) is 41.6 Å². The number of carbonyl (C=O) groups excluding carboxylic acids is 1. The number of aromatic nitrogens is 2. The third-order valence-electron chi connectivity index (χ3n) is 5.02. The van der Waals surface area contributed by atoms with Crippen LogP contribution in [0.25, 0.3) is 16.6 Å². The van der Waals surface area contributed by atoms with Crippen LogP contribution in [0.4, 0.5) is 10.1 Å². The lowest BCUT2D eigenvalue weighted by molar-refractivity contribution is -0.113. The summed E-state index contributed by atoms with van der Waals surface area (Å²) in [5.74, 6) is -0.220. The van der Waals surface area contributed by atoms with Crippen molar-refractivity contribution in [2.45, 2.75) is 24.9 Å². The smallest absolute Gasteiger partial charge is 0.266 e. The van der Waals surface area contributed by atoms with E-state index >= 15 is 0 Å². The van der Waals surface area contributed by atoms with Crippen LogP contribution in [-0.4, -0.2) is 21.2 Å². The van der Waals surface area contributed by atoms with Crippen LogP contribution in [0.2, 0.25) is 0 Å². The van der Waals surface area contributed by atoms with Gasteiger partial charge in [-0.1, -0.05) is 49.9 Å². The summed E-state index contributed by atoms with van der Waals surface area (Å²) in [4.78, 5) is 30.4. The Labute approximate surface area is 189 Å². The van der Waals surface area contributed by atoms with E-state index < -0.39 is 0 Å². The number of para-hydroxylation sites is 1. The first-order valence-corrected chi connectivity index (χ1v) is 11.2. The van der Waals surface area contributed by atoms with Crippen LogP contribution >= 0.6 is 11.8 Å². The zero-order valence-electron chi connectivity index (χ0n) is 17.7. The second-order valence-electron chi connectivity index (χ2n) is 7.64. The van der Waals surface area contributed by atoms with Gasteiger partial charge in [-0.2, -0.15) is 0 Å². The second-order valence-corrected chi connectivity index (χ2v) is 8.58. The van der Waals surface area contributed by atoms with Crippen LogP contribution in [0.15, 0.2) is 82.7 Å². The molecule has 1 heterocycles. The number of anilines is 1. The molecule has 3 aromatic carbocycles. The fourth-order valence-electron chi connectivity index (χ4n) is 3.31. The Hall–Kier alpha value is -3.45. The summed E-state index contributed by atoms with van der Waals surface area (Å²) in [6.45, 7) is 4.22. The molecule has 4 rings (SSSR count). The van der Waals surface area contributed by atoms with Gasteiger partial charge in [-0.25, -0.2) is 9.37 Å². The Kier molecular flexibility index (Phi) is 6.37. The fraction of sp³-hybridized carbons (Fsp3) is 0.160. The van der Waals surface area contributed by atoms with E-state index in [-0.39, 0.29) is 23.0 Å². The van der Waals surface area contributed by atoms with Crippen molar-refractivity contribution in [3.63, 3.8) is 0 Å². The first-order valence-electron chi connectivity index (χ1n) is 10.2. The summed E-state index contributed by atoms with van der Waals surface area (Å²) < 4.78 is 14.6. The van der Waals surface area contributed by atoms with Gasteiger partial charge in [0.05, 0.1) is 22.3 Å². The highest BCUT2D eigenvalue weighted by atomic mass is 32.2. The molecule has 0 atom stereocenters. The number of carbonyl (C=O) groups is 1. The van der Waals surface area contributed by atoms with Gasteiger partial charge in [0.25, 0.3) is 5.56 Å². The highest BCUT2D eigenvalue weighted by Crippen LogP contribution is 2.23. The third-order valence-corrected chi connectivity index (χ3v) is 5.96. The maximum absolute atomic E-state index is 13.3. The van der Waals surface area contributed by atoms with Gasteiger partial charge in [0, 0.05) is 5.69 Å². The Morgan fingerprint density at radius 1 is 1.03 bits per heavy atom. The van der Waals surface area contributed by atoms with E-state index in [9.17, 15) is 14.0 Å². The van der Waals surface area contributed by atoms with Crippen molar-refractivity contribution in [3.8, 4) is 5.69 Å². The number of thioether (sulfide) groups is 1. The van der Waals surface area contributed by atoms with Crippen LogP contribution in [0.3, 0.4) is 0 Å². The van der Waals surface area contributed by atoms with E-state index in [2.05, 4.69) is 24.1 Å². The molecule has 7 heteroatoms. The molecule has 162 valence electrons. The van der Waals surface area contributed by atoms with Gasteiger partial charge in [0.1, 0.15) is 5.82 Å². The summed E-state index contributed by atoms with van der Waals surface area (Å²) in [6, 6.07) is 20.5. The zero-order valence-corrected chi connectivity index (χ0v) is 18.5. The predicted molar refractivity (Wildman–Crippen MR) is 127 cm³/mol. The molecule has 0 aliphatic rings. The number of halogens is 1. The SMILES string of the molecule is CC(C)c1ccc(-n2c(SCC(=O)Nc3ccc(F)cc3)nc3ccccc3c2=O)cc1. The van der Waals surface area contributed by atoms with Gasteiger partial charge in [-0.15, -0.1) is 0 Å². The third kappa shape index (κ3) is 4.73. The summed E-state index contributed by atoms with van der Waals surface area (Å²) >= 11 is 1.18. The molecule has 0 saturated carbocycles. The van der Waals surface area contributed by atoms with E-state index in [0.717, 1.165) is 0 Å². The maximum Gasteiger partial charge on any atom is 0.266 e. The molecule has 0 spiro atoms. The molecule has 5 nitrogen and oxygen atoms in total. The molecule has 0 bridgehead atoms. The zero-order chi connectivity index (χ0) is 22.7. The predicted octanol–water partition coefficient (Wildman–Crippen LogP) is 5.38. The minimum absolute atomic E-state index is 0.0479.